The molecule has 3 nitrogen and oxygen atoms in total. The van der Waals surface area contributed by atoms with Crippen LogP contribution in [0.5, 0.6) is 0 Å². The molecule has 0 N–H and O–H groups in total. The van der Waals surface area contributed by atoms with Gasteiger partial charge in [0.1, 0.15) is 11.6 Å². The van der Waals surface area contributed by atoms with Crippen molar-refractivity contribution in [2.24, 2.45) is 4.99 Å². The van der Waals surface area contributed by atoms with Gasteiger partial charge in [0.2, 0.25) is 0 Å². The molecule has 0 saturated carbocycles. The van der Waals surface area contributed by atoms with E-state index in [1.54, 1.807) is 30.3 Å². The van der Waals surface area contributed by atoms with Gasteiger partial charge >= 0.3 is 0 Å². The molecule has 0 spiro atoms. The number of aliphatic imine (C=N–C) groups is 1. The first-order valence-electron chi connectivity index (χ1n) is 11.1. The van der Waals surface area contributed by atoms with Crippen molar-refractivity contribution in [3.05, 3.63) is 107 Å². The fourth-order valence-electron chi connectivity index (χ4n) is 3.96. The monoisotopic (exact) mass is 444 g/mol. The van der Waals surface area contributed by atoms with Gasteiger partial charge in [0.15, 0.2) is 0 Å². The summed E-state index contributed by atoms with van der Waals surface area (Å²) in [6.07, 6.45) is 3.20. The highest BCUT2D eigenvalue weighted by Crippen LogP contribution is 2.27. The molecule has 168 valence electrons. The van der Waals surface area contributed by atoms with E-state index in [1.165, 1.54) is 24.3 Å². The third kappa shape index (κ3) is 5.25. The number of likely N-dealkylation sites (tertiary alicyclic amines) is 1. The lowest BCUT2D eigenvalue weighted by Crippen LogP contribution is -2.35. The highest BCUT2D eigenvalue weighted by Gasteiger charge is 2.19. The summed E-state index contributed by atoms with van der Waals surface area (Å²) >= 11 is 0. The summed E-state index contributed by atoms with van der Waals surface area (Å²) in [6, 6.07) is 17.5. The number of carbonyl (C=O) groups excluding carboxylic acids is 1. The number of allylic oxidation sites excluding steroid dienone is 1. The maximum atomic E-state index is 13.6. The molecule has 3 aromatic carbocycles. The third-order valence-corrected chi connectivity index (χ3v) is 5.93. The van der Waals surface area contributed by atoms with Crippen molar-refractivity contribution in [1.29, 1.82) is 0 Å². The summed E-state index contributed by atoms with van der Waals surface area (Å²) in [4.78, 5) is 19.8. The van der Waals surface area contributed by atoms with Crippen molar-refractivity contribution >= 4 is 22.9 Å². The molecule has 0 radical (unpaired) electrons. The molecule has 1 saturated heterocycles. The van der Waals surface area contributed by atoms with Crippen LogP contribution in [-0.4, -0.2) is 29.6 Å². The number of hydrogen-bond donors (Lipinski definition) is 0. The van der Waals surface area contributed by atoms with Gasteiger partial charge in [-0.2, -0.15) is 0 Å². The molecule has 1 aliphatic rings. The average molecular weight is 445 g/mol. The largest absolute Gasteiger partial charge is 0.339 e. The molecule has 33 heavy (non-hydrogen) atoms. The van der Waals surface area contributed by atoms with Crippen LogP contribution < -0.4 is 0 Å². The van der Waals surface area contributed by atoms with Crippen LogP contribution in [0.25, 0.3) is 5.57 Å². The highest BCUT2D eigenvalue weighted by molar-refractivity contribution is 6.32. The van der Waals surface area contributed by atoms with E-state index >= 15 is 0 Å². The van der Waals surface area contributed by atoms with Crippen LogP contribution in [0.4, 0.5) is 14.5 Å². The molecule has 1 heterocycles. The maximum Gasteiger partial charge on any atom is 0.253 e. The van der Waals surface area contributed by atoms with Gasteiger partial charge in [-0.15, -0.1) is 0 Å². The Bertz CT molecular complexity index is 1190. The quantitative estimate of drug-likeness (QED) is 0.402. The Morgan fingerprint density at radius 1 is 0.818 bits per heavy atom. The van der Waals surface area contributed by atoms with Gasteiger partial charge in [-0.3, -0.25) is 4.79 Å². The molecule has 1 amide bonds. The molecule has 1 fully saturated rings. The van der Waals surface area contributed by atoms with Crippen molar-refractivity contribution in [2.75, 3.05) is 13.1 Å². The summed E-state index contributed by atoms with van der Waals surface area (Å²) in [5.74, 6) is -0.686. The lowest BCUT2D eigenvalue weighted by atomic mass is 9.96. The second-order valence-electron chi connectivity index (χ2n) is 8.31. The molecule has 0 atom stereocenters. The number of piperidine rings is 1. The summed E-state index contributed by atoms with van der Waals surface area (Å²) in [7, 11) is 0. The smallest absolute Gasteiger partial charge is 0.253 e. The fraction of sp³-hybridized carbons (Fsp3) is 0.214. The summed E-state index contributed by atoms with van der Waals surface area (Å²) in [6.45, 7) is 7.66. The number of carbonyl (C=O) groups is 1. The minimum atomic E-state index is -0.351. The molecule has 4 rings (SSSR count). The van der Waals surface area contributed by atoms with E-state index < -0.39 is 0 Å². The van der Waals surface area contributed by atoms with E-state index in [0.29, 0.717) is 33.7 Å². The molecular weight excluding hydrogens is 418 g/mol. The van der Waals surface area contributed by atoms with Gasteiger partial charge in [-0.25, -0.2) is 13.8 Å². The Labute approximate surface area is 193 Å². The van der Waals surface area contributed by atoms with Gasteiger partial charge in [0.05, 0.1) is 11.4 Å². The van der Waals surface area contributed by atoms with Crippen LogP contribution in [0, 0.1) is 18.6 Å². The Kier molecular flexibility index (Phi) is 6.78. The number of halogens is 2. The SMILES string of the molecule is C=C(C(=Nc1cc(C(=O)N2CCCCC2)ccc1C)c1ccc(F)cc1)c1ccc(F)cc1. The van der Waals surface area contributed by atoms with Gasteiger partial charge in [-0.05, 0) is 85.8 Å². The summed E-state index contributed by atoms with van der Waals surface area (Å²) in [5, 5.41) is 0. The lowest BCUT2D eigenvalue weighted by Gasteiger charge is -2.26. The Morgan fingerprint density at radius 2 is 1.36 bits per heavy atom. The maximum absolute atomic E-state index is 13.6. The first kappa shape index (κ1) is 22.6. The number of amides is 1. The van der Waals surface area contributed by atoms with E-state index in [2.05, 4.69) is 6.58 Å². The van der Waals surface area contributed by atoms with Crippen molar-refractivity contribution < 1.29 is 13.6 Å². The van der Waals surface area contributed by atoms with Crippen molar-refractivity contribution in [3.63, 3.8) is 0 Å². The molecule has 5 heteroatoms. The average Bonchev–Trinajstić information content (AvgIpc) is 2.84. The number of aryl methyl sites for hydroxylation is 1. The predicted octanol–water partition coefficient (Wildman–Crippen LogP) is 6.73. The molecule has 0 bridgehead atoms. The van der Waals surface area contributed by atoms with Gasteiger partial charge in [0.25, 0.3) is 5.91 Å². The standard InChI is InChI=1S/C28H26F2N2O/c1-19-6-7-23(28(33)32-16-4-3-5-17-32)18-26(19)31-27(22-10-14-25(30)15-11-22)20(2)21-8-12-24(29)13-9-21/h6-15,18H,2-5,16-17H2,1H3. The number of rotatable bonds is 5. The molecule has 0 aromatic heterocycles. The van der Waals surface area contributed by atoms with Crippen LogP contribution in [0.15, 0.2) is 78.3 Å². The van der Waals surface area contributed by atoms with E-state index in [-0.39, 0.29) is 17.5 Å². The summed E-state index contributed by atoms with van der Waals surface area (Å²) in [5.41, 5.74) is 4.63. The van der Waals surface area contributed by atoms with E-state index in [9.17, 15) is 13.6 Å². The van der Waals surface area contributed by atoms with Gasteiger partial charge in [-0.1, -0.05) is 24.8 Å². The molecular formula is C28H26F2N2O. The molecule has 0 unspecified atom stereocenters. The summed E-state index contributed by atoms with van der Waals surface area (Å²) < 4.78 is 27.0. The fourth-order valence-corrected chi connectivity index (χ4v) is 3.96. The predicted molar refractivity (Wildman–Crippen MR) is 129 cm³/mol. The van der Waals surface area contributed by atoms with E-state index in [0.717, 1.165) is 37.9 Å². The first-order valence-corrected chi connectivity index (χ1v) is 11.1. The third-order valence-electron chi connectivity index (χ3n) is 5.93. The van der Waals surface area contributed by atoms with Crippen LogP contribution in [0.2, 0.25) is 0 Å². The normalized spacial score (nSPS) is 14.3. The van der Waals surface area contributed by atoms with Crippen LogP contribution >= 0.6 is 0 Å². The molecule has 3 aromatic rings. The second kappa shape index (κ2) is 9.90. The topological polar surface area (TPSA) is 32.7 Å². The van der Waals surface area contributed by atoms with Gasteiger partial charge in [0, 0.05) is 29.8 Å². The second-order valence-corrected chi connectivity index (χ2v) is 8.31. The Balaban J connectivity index is 1.76. The molecule has 1 aliphatic heterocycles. The minimum absolute atomic E-state index is 0.00634. The zero-order valence-electron chi connectivity index (χ0n) is 18.7. The number of hydrogen-bond acceptors (Lipinski definition) is 2. The first-order chi connectivity index (χ1) is 15.9. The molecule has 0 aliphatic carbocycles. The van der Waals surface area contributed by atoms with E-state index in [1.807, 2.05) is 24.0 Å². The highest BCUT2D eigenvalue weighted by atomic mass is 19.1. The zero-order valence-corrected chi connectivity index (χ0v) is 18.7. The van der Waals surface area contributed by atoms with Crippen molar-refractivity contribution in [1.82, 2.24) is 4.90 Å². The van der Waals surface area contributed by atoms with Gasteiger partial charge < -0.3 is 4.90 Å². The van der Waals surface area contributed by atoms with E-state index in [4.69, 9.17) is 4.99 Å². The van der Waals surface area contributed by atoms with Crippen molar-refractivity contribution in [3.8, 4) is 0 Å². The van der Waals surface area contributed by atoms with Crippen LogP contribution in [0.3, 0.4) is 0 Å². The van der Waals surface area contributed by atoms with Crippen LogP contribution in [-0.2, 0) is 0 Å². The van der Waals surface area contributed by atoms with Crippen molar-refractivity contribution in [2.45, 2.75) is 26.2 Å². The number of nitrogens with zero attached hydrogens (tertiary/aromatic N) is 2. The zero-order chi connectivity index (χ0) is 23.4. The minimum Gasteiger partial charge on any atom is -0.339 e. The number of benzene rings is 3. The Morgan fingerprint density at radius 3 is 1.97 bits per heavy atom. The Hall–Kier alpha value is -3.60. The van der Waals surface area contributed by atoms with Crippen LogP contribution in [0.1, 0.15) is 46.3 Å². The lowest BCUT2D eigenvalue weighted by molar-refractivity contribution is 0.0724.